The first-order chi connectivity index (χ1) is 9.71. The van der Waals surface area contributed by atoms with Crippen LogP contribution in [-0.4, -0.2) is 55.6 Å². The number of ether oxygens (including phenoxy) is 1. The molecule has 4 atom stereocenters. The first kappa shape index (κ1) is 15.4. The molecule has 0 aromatic carbocycles. The third kappa shape index (κ3) is 1.92. The molecule has 1 aliphatic heterocycles. The van der Waals surface area contributed by atoms with Crippen LogP contribution < -0.4 is 17.0 Å². The highest BCUT2D eigenvalue weighted by Crippen LogP contribution is 2.41. The molecule has 0 spiro atoms. The summed E-state index contributed by atoms with van der Waals surface area (Å²) < 4.78 is 5.97. The predicted molar refractivity (Wildman–Crippen MR) is 68.4 cm³/mol. The molecule has 2 rings (SSSR count). The van der Waals surface area contributed by atoms with Crippen molar-refractivity contribution in [3.8, 4) is 0 Å². The van der Waals surface area contributed by atoms with Gasteiger partial charge in [0.2, 0.25) is 0 Å². The van der Waals surface area contributed by atoms with Gasteiger partial charge < -0.3 is 25.8 Å². The van der Waals surface area contributed by atoms with Gasteiger partial charge in [-0.25, -0.2) is 4.79 Å². The van der Waals surface area contributed by atoms with Gasteiger partial charge in [-0.15, -0.1) is 0 Å². The zero-order chi connectivity index (χ0) is 16.0. The smallest absolute Gasteiger partial charge is 0.330 e. The normalized spacial score (nSPS) is 35.8. The summed E-state index contributed by atoms with van der Waals surface area (Å²) in [5, 5.41) is 29.4. The second-order valence-electron chi connectivity index (χ2n) is 4.92. The van der Waals surface area contributed by atoms with Gasteiger partial charge in [0.1, 0.15) is 17.9 Å². The number of nitrogens with two attached hydrogens (primary N) is 1. The van der Waals surface area contributed by atoms with Crippen LogP contribution in [0.4, 0.5) is 5.69 Å². The van der Waals surface area contributed by atoms with Crippen molar-refractivity contribution in [2.24, 2.45) is 0 Å². The number of hydrogen-bond donors (Lipinski definition) is 5. The summed E-state index contributed by atoms with van der Waals surface area (Å²) in [5.74, 6) is 0. The van der Waals surface area contributed by atoms with Gasteiger partial charge in [0, 0.05) is 6.20 Å². The molecule has 10 heteroatoms. The molecule has 0 amide bonds. The zero-order valence-corrected chi connectivity index (χ0v) is 11.0. The molecule has 1 saturated heterocycles. The molecule has 1 fully saturated rings. The van der Waals surface area contributed by atoms with Gasteiger partial charge in [0.25, 0.3) is 5.56 Å². The third-order valence-electron chi connectivity index (χ3n) is 3.72. The Bertz CT molecular complexity index is 683. The average molecular weight is 301 g/mol. The Morgan fingerprint density at radius 1 is 1.57 bits per heavy atom. The summed E-state index contributed by atoms with van der Waals surface area (Å²) in [6.07, 6.45) is -2.17. The van der Waals surface area contributed by atoms with E-state index in [9.17, 15) is 24.6 Å². The minimum absolute atomic E-state index is 0.0149. The maximum atomic E-state index is 11.9. The number of anilines is 1. The van der Waals surface area contributed by atoms with Crippen LogP contribution in [0.3, 0.4) is 0 Å². The molecular weight excluding hydrogens is 286 g/mol. The third-order valence-corrected chi connectivity index (χ3v) is 3.72. The molecule has 1 aliphatic rings. The van der Waals surface area contributed by atoms with Crippen molar-refractivity contribution in [2.45, 2.75) is 30.5 Å². The van der Waals surface area contributed by atoms with Crippen LogP contribution in [0.15, 0.2) is 15.8 Å². The highest BCUT2D eigenvalue weighted by atomic mass is 16.6. The standard InChI is InChI=1S/C11H15N3O7/c1-10(14-2-5(12)8(18)13-9(14)19)11(20,4-16)7(17)6(3-15)21-10/h2,4,6-7,15,17,20H,3,12H2,1H3,(H,13,18,19)/t6-,7-,10-,11-/m1/s1. The number of nitrogen functional groups attached to an aromatic ring is 1. The van der Waals surface area contributed by atoms with Crippen molar-refractivity contribution in [3.63, 3.8) is 0 Å². The summed E-state index contributed by atoms with van der Waals surface area (Å²) in [5.41, 5.74) is -1.36. The van der Waals surface area contributed by atoms with E-state index in [1.54, 1.807) is 0 Å². The summed E-state index contributed by atoms with van der Waals surface area (Å²) in [6, 6.07) is 0. The Hall–Kier alpha value is -2.01. The van der Waals surface area contributed by atoms with Crippen molar-refractivity contribution < 1.29 is 24.9 Å². The number of rotatable bonds is 3. The fraction of sp³-hybridized carbons (Fsp3) is 0.545. The van der Waals surface area contributed by atoms with Crippen LogP contribution in [0, 0.1) is 0 Å². The maximum Gasteiger partial charge on any atom is 0.330 e. The zero-order valence-electron chi connectivity index (χ0n) is 11.0. The number of aliphatic hydroxyl groups excluding tert-OH is 2. The Kier molecular flexibility index (Phi) is 3.49. The molecule has 0 unspecified atom stereocenters. The summed E-state index contributed by atoms with van der Waals surface area (Å²) in [4.78, 5) is 36.3. The summed E-state index contributed by atoms with van der Waals surface area (Å²) in [6.45, 7) is 0.458. The summed E-state index contributed by atoms with van der Waals surface area (Å²) >= 11 is 0. The first-order valence-electron chi connectivity index (χ1n) is 5.98. The van der Waals surface area contributed by atoms with E-state index in [4.69, 9.17) is 15.6 Å². The maximum absolute atomic E-state index is 11.9. The Morgan fingerprint density at radius 3 is 2.71 bits per heavy atom. The van der Waals surface area contributed by atoms with E-state index < -0.39 is 41.4 Å². The van der Waals surface area contributed by atoms with Crippen molar-refractivity contribution in [2.75, 3.05) is 12.3 Å². The molecule has 1 aromatic rings. The average Bonchev–Trinajstić information content (AvgIpc) is 2.65. The molecule has 0 saturated carbocycles. The monoisotopic (exact) mass is 301 g/mol. The Morgan fingerprint density at radius 2 is 2.19 bits per heavy atom. The topological polar surface area (TPSA) is 168 Å². The van der Waals surface area contributed by atoms with E-state index in [2.05, 4.69) is 0 Å². The van der Waals surface area contributed by atoms with Crippen molar-refractivity contribution in [1.29, 1.82) is 0 Å². The lowest BCUT2D eigenvalue weighted by Crippen LogP contribution is -2.60. The number of aromatic nitrogens is 2. The van der Waals surface area contributed by atoms with Crippen LogP contribution in [0.25, 0.3) is 0 Å². The first-order valence-corrected chi connectivity index (χ1v) is 5.98. The highest BCUT2D eigenvalue weighted by Gasteiger charge is 2.64. The van der Waals surface area contributed by atoms with E-state index >= 15 is 0 Å². The lowest BCUT2D eigenvalue weighted by molar-refractivity contribution is -0.183. The number of aliphatic hydroxyl groups is 3. The molecule has 0 aliphatic carbocycles. The minimum Gasteiger partial charge on any atom is -0.394 e. The van der Waals surface area contributed by atoms with Gasteiger partial charge in [-0.05, 0) is 6.92 Å². The Labute approximate surface area is 117 Å². The SMILES string of the molecule is C[C@@]1(n2cc(N)c(=O)[nH]c2=O)O[C@H](CO)[C@@H](O)[C@]1(O)C=O. The predicted octanol–water partition coefficient (Wildman–Crippen LogP) is -3.53. The van der Waals surface area contributed by atoms with Crippen molar-refractivity contribution >= 4 is 12.0 Å². The van der Waals surface area contributed by atoms with Crippen LogP contribution >= 0.6 is 0 Å². The molecule has 0 radical (unpaired) electrons. The van der Waals surface area contributed by atoms with E-state index in [-0.39, 0.29) is 12.0 Å². The molecular formula is C11H15N3O7. The lowest BCUT2D eigenvalue weighted by Gasteiger charge is -2.36. The van der Waals surface area contributed by atoms with E-state index in [0.29, 0.717) is 4.57 Å². The van der Waals surface area contributed by atoms with Crippen molar-refractivity contribution in [1.82, 2.24) is 9.55 Å². The van der Waals surface area contributed by atoms with E-state index in [1.165, 1.54) is 0 Å². The molecule has 10 nitrogen and oxygen atoms in total. The largest absolute Gasteiger partial charge is 0.394 e. The van der Waals surface area contributed by atoms with Crippen LogP contribution in [-0.2, 0) is 15.3 Å². The van der Waals surface area contributed by atoms with Crippen LogP contribution in [0.2, 0.25) is 0 Å². The fourth-order valence-corrected chi connectivity index (χ4v) is 2.38. The molecule has 0 bridgehead atoms. The van der Waals surface area contributed by atoms with Crippen molar-refractivity contribution in [3.05, 3.63) is 27.0 Å². The second kappa shape index (κ2) is 4.77. The molecule has 2 heterocycles. The number of nitrogens with zero attached hydrogens (tertiary/aromatic N) is 1. The van der Waals surface area contributed by atoms with E-state index in [0.717, 1.165) is 13.1 Å². The molecule has 6 N–H and O–H groups in total. The van der Waals surface area contributed by atoms with Gasteiger partial charge in [-0.2, -0.15) is 0 Å². The summed E-state index contributed by atoms with van der Waals surface area (Å²) in [7, 11) is 0. The second-order valence-corrected chi connectivity index (χ2v) is 4.92. The molecule has 1 aromatic heterocycles. The lowest BCUT2D eigenvalue weighted by atomic mass is 9.88. The van der Waals surface area contributed by atoms with Crippen LogP contribution in [0.5, 0.6) is 0 Å². The molecule has 21 heavy (non-hydrogen) atoms. The minimum atomic E-state index is -2.52. The Balaban J connectivity index is 2.71. The van der Waals surface area contributed by atoms with Gasteiger partial charge >= 0.3 is 5.69 Å². The number of aromatic amines is 1. The van der Waals surface area contributed by atoms with Crippen LogP contribution in [0.1, 0.15) is 6.92 Å². The van der Waals surface area contributed by atoms with Gasteiger partial charge in [0.05, 0.1) is 6.61 Å². The number of carbonyl (C=O) groups excluding carboxylic acids is 1. The number of carbonyl (C=O) groups is 1. The van der Waals surface area contributed by atoms with E-state index in [1.807, 2.05) is 4.98 Å². The highest BCUT2D eigenvalue weighted by molar-refractivity contribution is 5.66. The van der Waals surface area contributed by atoms with Gasteiger partial charge in [-0.1, -0.05) is 0 Å². The number of hydrogen-bond acceptors (Lipinski definition) is 8. The molecule has 116 valence electrons. The fourth-order valence-electron chi connectivity index (χ4n) is 2.38. The quantitative estimate of drug-likeness (QED) is 0.358. The number of H-pyrrole nitrogens is 1. The van der Waals surface area contributed by atoms with Gasteiger partial charge in [-0.3, -0.25) is 19.1 Å². The number of aldehydes is 1. The van der Waals surface area contributed by atoms with Gasteiger partial charge in [0.15, 0.2) is 17.6 Å². The number of nitrogens with one attached hydrogen (secondary N) is 1.